The van der Waals surface area contributed by atoms with E-state index in [4.69, 9.17) is 4.42 Å². The second-order valence-corrected chi connectivity index (χ2v) is 10.4. The highest BCUT2D eigenvalue weighted by Crippen LogP contribution is 2.70. The Labute approximate surface area is 157 Å². The lowest BCUT2D eigenvalue weighted by molar-refractivity contribution is -0.161. The smallest absolute Gasteiger partial charge is 0.101 e. The fraction of sp³-hybridized carbons (Fsp3) is 0.826. The average Bonchev–Trinajstić information content (AvgIpc) is 3.21. The molecule has 26 heavy (non-hydrogen) atoms. The number of aliphatic hydroxyl groups excluding tert-OH is 1. The SMILES string of the molecule is C[C@]12CCCCC1CC[C@@H]1[C@H]2CC[C@@]2(C)[C@H]1C(O)CC2(O)c1ccoc1. The monoisotopic (exact) mass is 358 g/mol. The lowest BCUT2D eigenvalue weighted by atomic mass is 9.44. The maximum atomic E-state index is 11.7. The number of rotatable bonds is 1. The lowest BCUT2D eigenvalue weighted by Gasteiger charge is -2.61. The van der Waals surface area contributed by atoms with Crippen LogP contribution in [0.1, 0.15) is 77.2 Å². The Morgan fingerprint density at radius 3 is 2.69 bits per heavy atom. The maximum absolute atomic E-state index is 11.7. The molecule has 4 aliphatic carbocycles. The molecule has 1 aromatic heterocycles. The third-order valence-electron chi connectivity index (χ3n) is 9.70. The average molecular weight is 359 g/mol. The summed E-state index contributed by atoms with van der Waals surface area (Å²) in [5.41, 5.74) is 0.102. The molecule has 4 aliphatic rings. The summed E-state index contributed by atoms with van der Waals surface area (Å²) in [5, 5.41) is 22.9. The third-order valence-corrected chi connectivity index (χ3v) is 9.70. The number of aliphatic hydroxyl groups is 2. The van der Waals surface area contributed by atoms with Gasteiger partial charge in [0.15, 0.2) is 0 Å². The van der Waals surface area contributed by atoms with E-state index in [0.29, 0.717) is 17.8 Å². The highest BCUT2D eigenvalue weighted by atomic mass is 16.3. The summed E-state index contributed by atoms with van der Waals surface area (Å²) in [6.07, 6.45) is 13.7. The van der Waals surface area contributed by atoms with Gasteiger partial charge in [-0.25, -0.2) is 0 Å². The van der Waals surface area contributed by atoms with E-state index in [2.05, 4.69) is 13.8 Å². The molecule has 1 aromatic rings. The number of fused-ring (bicyclic) bond motifs is 5. The molecule has 0 aliphatic heterocycles. The van der Waals surface area contributed by atoms with Crippen LogP contribution in [0.15, 0.2) is 23.0 Å². The van der Waals surface area contributed by atoms with Crippen molar-refractivity contribution in [2.75, 3.05) is 0 Å². The summed E-state index contributed by atoms with van der Waals surface area (Å²) in [7, 11) is 0. The van der Waals surface area contributed by atoms with Crippen LogP contribution < -0.4 is 0 Å². The van der Waals surface area contributed by atoms with Gasteiger partial charge in [0.05, 0.1) is 18.6 Å². The third kappa shape index (κ3) is 2.02. The molecule has 4 fully saturated rings. The van der Waals surface area contributed by atoms with E-state index in [1.807, 2.05) is 6.07 Å². The quantitative estimate of drug-likeness (QED) is 0.753. The Hall–Kier alpha value is -0.800. The normalized spacial score (nSPS) is 53.6. The van der Waals surface area contributed by atoms with Gasteiger partial charge in [-0.3, -0.25) is 0 Å². The fourth-order valence-corrected chi connectivity index (χ4v) is 8.35. The molecule has 0 amide bonds. The summed E-state index contributed by atoms with van der Waals surface area (Å²) < 4.78 is 5.30. The van der Waals surface area contributed by atoms with Crippen LogP contribution in [0.2, 0.25) is 0 Å². The van der Waals surface area contributed by atoms with Gasteiger partial charge in [0, 0.05) is 17.4 Å². The molecule has 3 unspecified atom stereocenters. The lowest BCUT2D eigenvalue weighted by Crippen LogP contribution is -2.56. The number of furan rings is 1. The van der Waals surface area contributed by atoms with Gasteiger partial charge in [0.25, 0.3) is 0 Å². The highest BCUT2D eigenvalue weighted by molar-refractivity contribution is 5.27. The van der Waals surface area contributed by atoms with Crippen molar-refractivity contribution in [3.05, 3.63) is 24.2 Å². The zero-order chi connectivity index (χ0) is 18.2. The summed E-state index contributed by atoms with van der Waals surface area (Å²) in [6, 6.07) is 1.89. The van der Waals surface area contributed by atoms with Crippen molar-refractivity contribution in [2.45, 2.75) is 83.3 Å². The molecule has 1 heterocycles. The molecule has 2 N–H and O–H groups in total. The molecule has 0 spiro atoms. The first-order valence-corrected chi connectivity index (χ1v) is 10.8. The Bertz CT molecular complexity index is 669. The Balaban J connectivity index is 1.53. The van der Waals surface area contributed by atoms with Gasteiger partial charge in [-0.15, -0.1) is 0 Å². The van der Waals surface area contributed by atoms with E-state index in [1.54, 1.807) is 12.5 Å². The van der Waals surface area contributed by atoms with Crippen LogP contribution in [-0.2, 0) is 5.60 Å². The minimum atomic E-state index is -0.959. The zero-order valence-corrected chi connectivity index (χ0v) is 16.3. The van der Waals surface area contributed by atoms with E-state index < -0.39 is 11.7 Å². The first kappa shape index (κ1) is 17.3. The van der Waals surface area contributed by atoms with E-state index in [0.717, 1.165) is 23.8 Å². The standard InChI is InChI=1S/C23H34O3/c1-21-10-4-3-5-15(21)6-7-17-18(21)8-11-22(2)20(17)19(24)13-23(22,25)16-9-12-26-14-16/h9,12,14-15,17-20,24-25H,3-8,10-11,13H2,1-2H3/t15?,17-,18-,19?,20-,21+,22+,23?/m1/s1. The van der Waals surface area contributed by atoms with Gasteiger partial charge in [0.2, 0.25) is 0 Å². The molecule has 3 heteroatoms. The Morgan fingerprint density at radius 2 is 1.92 bits per heavy atom. The van der Waals surface area contributed by atoms with E-state index in [1.165, 1.54) is 44.9 Å². The second-order valence-electron chi connectivity index (χ2n) is 10.4. The number of hydrogen-bond acceptors (Lipinski definition) is 3. The molecule has 0 saturated heterocycles. The first-order valence-electron chi connectivity index (χ1n) is 10.8. The molecule has 0 bridgehead atoms. The zero-order valence-electron chi connectivity index (χ0n) is 16.3. The molecule has 144 valence electrons. The number of hydrogen-bond donors (Lipinski definition) is 2. The molecular weight excluding hydrogens is 324 g/mol. The van der Waals surface area contributed by atoms with Crippen molar-refractivity contribution in [2.24, 2.45) is 34.5 Å². The van der Waals surface area contributed by atoms with Crippen molar-refractivity contribution in [3.8, 4) is 0 Å². The van der Waals surface area contributed by atoms with Gasteiger partial charge in [0.1, 0.15) is 5.60 Å². The van der Waals surface area contributed by atoms with Crippen molar-refractivity contribution < 1.29 is 14.6 Å². The molecule has 3 nitrogen and oxygen atoms in total. The second kappa shape index (κ2) is 5.61. The van der Waals surface area contributed by atoms with Gasteiger partial charge in [-0.1, -0.05) is 26.7 Å². The van der Waals surface area contributed by atoms with E-state index >= 15 is 0 Å². The molecule has 0 radical (unpaired) electrons. The molecule has 8 atom stereocenters. The van der Waals surface area contributed by atoms with Crippen LogP contribution in [0.25, 0.3) is 0 Å². The summed E-state index contributed by atoms with van der Waals surface area (Å²) in [5.74, 6) is 2.37. The predicted molar refractivity (Wildman–Crippen MR) is 100 cm³/mol. The molecular formula is C23H34O3. The van der Waals surface area contributed by atoms with Gasteiger partial charge >= 0.3 is 0 Å². The van der Waals surface area contributed by atoms with E-state index in [-0.39, 0.29) is 11.3 Å². The molecule has 0 aromatic carbocycles. The van der Waals surface area contributed by atoms with Crippen molar-refractivity contribution in [1.82, 2.24) is 0 Å². The van der Waals surface area contributed by atoms with Crippen molar-refractivity contribution in [1.29, 1.82) is 0 Å². The van der Waals surface area contributed by atoms with Crippen LogP contribution in [-0.4, -0.2) is 16.3 Å². The van der Waals surface area contributed by atoms with Crippen molar-refractivity contribution >= 4 is 0 Å². The summed E-state index contributed by atoms with van der Waals surface area (Å²) >= 11 is 0. The van der Waals surface area contributed by atoms with Crippen LogP contribution in [0.3, 0.4) is 0 Å². The Kier molecular flexibility index (Phi) is 3.73. The van der Waals surface area contributed by atoms with Crippen molar-refractivity contribution in [3.63, 3.8) is 0 Å². The van der Waals surface area contributed by atoms with Gasteiger partial charge in [-0.2, -0.15) is 0 Å². The summed E-state index contributed by atoms with van der Waals surface area (Å²) in [4.78, 5) is 0. The van der Waals surface area contributed by atoms with Crippen LogP contribution in [0.5, 0.6) is 0 Å². The van der Waals surface area contributed by atoms with Gasteiger partial charge < -0.3 is 14.6 Å². The molecule has 4 saturated carbocycles. The highest BCUT2D eigenvalue weighted by Gasteiger charge is 2.67. The van der Waals surface area contributed by atoms with Crippen LogP contribution >= 0.6 is 0 Å². The topological polar surface area (TPSA) is 53.6 Å². The minimum Gasteiger partial charge on any atom is -0.472 e. The van der Waals surface area contributed by atoms with Crippen LogP contribution in [0.4, 0.5) is 0 Å². The summed E-state index contributed by atoms with van der Waals surface area (Å²) in [6.45, 7) is 4.80. The maximum Gasteiger partial charge on any atom is 0.101 e. The van der Waals surface area contributed by atoms with Crippen LogP contribution in [0, 0.1) is 34.5 Å². The van der Waals surface area contributed by atoms with Gasteiger partial charge in [-0.05, 0) is 73.7 Å². The predicted octanol–water partition coefficient (Wildman–Crippen LogP) is 4.87. The van der Waals surface area contributed by atoms with E-state index in [9.17, 15) is 10.2 Å². The minimum absolute atomic E-state index is 0.209. The first-order chi connectivity index (χ1) is 12.4. The molecule has 5 rings (SSSR count). The largest absolute Gasteiger partial charge is 0.472 e. The Morgan fingerprint density at radius 1 is 1.08 bits per heavy atom. The fourth-order valence-electron chi connectivity index (χ4n) is 8.35.